The van der Waals surface area contributed by atoms with Crippen LogP contribution in [0.5, 0.6) is 5.75 Å². The summed E-state index contributed by atoms with van der Waals surface area (Å²) in [6.07, 6.45) is -5.81. The van der Waals surface area contributed by atoms with Crippen molar-refractivity contribution >= 4 is 0 Å². The molecule has 0 saturated carbocycles. The average Bonchev–Trinajstić information content (AvgIpc) is 2.88. The molecule has 2 aromatic rings. The number of tetrazole rings is 1. The van der Waals surface area contributed by atoms with Crippen LogP contribution in [0.1, 0.15) is 12.7 Å². The summed E-state index contributed by atoms with van der Waals surface area (Å²) in [6.45, 7) is 1.84. The zero-order valence-electron chi connectivity index (χ0n) is 10.6. The highest BCUT2D eigenvalue weighted by molar-refractivity contribution is 5.46. The number of aromatic nitrogens is 4. The van der Waals surface area contributed by atoms with Gasteiger partial charge in [0, 0.05) is 0 Å². The number of ether oxygens (including phenoxy) is 1. The third-order valence-corrected chi connectivity index (χ3v) is 2.50. The smallest absolute Gasteiger partial charge is 0.461 e. The molecular weight excluding hydrogens is 299 g/mol. The highest BCUT2D eigenvalue weighted by Crippen LogP contribution is 2.43. The lowest BCUT2D eigenvalue weighted by Crippen LogP contribution is -2.36. The molecule has 0 aliphatic heterocycles. The van der Waals surface area contributed by atoms with Crippen molar-refractivity contribution in [1.82, 2.24) is 20.2 Å². The van der Waals surface area contributed by atoms with Gasteiger partial charge in [0.1, 0.15) is 11.4 Å². The molecule has 21 heavy (non-hydrogen) atoms. The van der Waals surface area contributed by atoms with Gasteiger partial charge in [-0.05, 0) is 29.5 Å². The van der Waals surface area contributed by atoms with E-state index in [1.54, 1.807) is 13.0 Å². The van der Waals surface area contributed by atoms with Crippen LogP contribution in [0, 0.1) is 0 Å². The van der Waals surface area contributed by atoms with E-state index in [0.717, 1.165) is 0 Å². The fourth-order valence-corrected chi connectivity index (χ4v) is 1.58. The Morgan fingerprint density at radius 3 is 2.43 bits per heavy atom. The van der Waals surface area contributed by atoms with Gasteiger partial charge in [0.2, 0.25) is 5.82 Å². The van der Waals surface area contributed by atoms with E-state index < -0.39 is 17.9 Å². The second-order valence-electron chi connectivity index (χ2n) is 3.89. The molecule has 5 nitrogen and oxygen atoms in total. The van der Waals surface area contributed by atoms with Crippen LogP contribution in [0.2, 0.25) is 0 Å². The third kappa shape index (κ3) is 2.65. The van der Waals surface area contributed by atoms with Gasteiger partial charge in [-0.2, -0.15) is 26.6 Å². The van der Waals surface area contributed by atoms with E-state index in [4.69, 9.17) is 4.74 Å². The van der Waals surface area contributed by atoms with E-state index in [1.807, 2.05) is 0 Å². The average molecular weight is 308 g/mol. The van der Waals surface area contributed by atoms with E-state index in [9.17, 15) is 22.0 Å². The number of alkyl halides is 5. The summed E-state index contributed by atoms with van der Waals surface area (Å²) in [5.74, 6) is -6.72. The van der Waals surface area contributed by atoms with Crippen LogP contribution < -0.4 is 4.74 Å². The summed E-state index contributed by atoms with van der Waals surface area (Å²) in [7, 11) is 0. The second-order valence-corrected chi connectivity index (χ2v) is 3.89. The van der Waals surface area contributed by atoms with Gasteiger partial charge >= 0.3 is 12.1 Å². The molecule has 1 aromatic heterocycles. The Bertz CT molecular complexity index is 625. The number of para-hydroxylation sites is 2. The number of hydrogen-bond acceptors (Lipinski definition) is 4. The molecule has 0 atom stereocenters. The van der Waals surface area contributed by atoms with Crippen molar-refractivity contribution in [2.75, 3.05) is 6.61 Å². The highest BCUT2D eigenvalue weighted by Gasteiger charge is 2.62. The third-order valence-electron chi connectivity index (χ3n) is 2.50. The Hall–Kier alpha value is -2.26. The van der Waals surface area contributed by atoms with Gasteiger partial charge in [0.15, 0.2) is 0 Å². The van der Waals surface area contributed by atoms with Crippen LogP contribution in [0.15, 0.2) is 24.3 Å². The first-order valence-electron chi connectivity index (χ1n) is 5.74. The molecule has 0 aliphatic carbocycles. The molecule has 1 heterocycles. The number of hydrogen-bond donors (Lipinski definition) is 0. The van der Waals surface area contributed by atoms with Gasteiger partial charge in [0.05, 0.1) is 6.61 Å². The Morgan fingerprint density at radius 1 is 1.14 bits per heavy atom. The van der Waals surface area contributed by atoms with Crippen LogP contribution in [0.4, 0.5) is 22.0 Å². The highest BCUT2D eigenvalue weighted by atomic mass is 19.4. The minimum Gasteiger partial charge on any atom is -0.492 e. The van der Waals surface area contributed by atoms with Crippen LogP contribution in [-0.2, 0) is 5.92 Å². The molecule has 0 spiro atoms. The van der Waals surface area contributed by atoms with Gasteiger partial charge in [-0.25, -0.2) is 0 Å². The summed E-state index contributed by atoms with van der Waals surface area (Å²) in [5, 5.41) is 8.92. The van der Waals surface area contributed by atoms with Crippen LogP contribution in [0.25, 0.3) is 5.69 Å². The maximum absolute atomic E-state index is 13.4. The zero-order valence-corrected chi connectivity index (χ0v) is 10.6. The van der Waals surface area contributed by atoms with E-state index in [0.29, 0.717) is 4.68 Å². The lowest BCUT2D eigenvalue weighted by atomic mass is 10.2. The van der Waals surface area contributed by atoms with Crippen molar-refractivity contribution in [3.63, 3.8) is 0 Å². The van der Waals surface area contributed by atoms with E-state index in [-0.39, 0.29) is 18.0 Å². The number of benzene rings is 1. The number of rotatable bonds is 4. The predicted molar refractivity (Wildman–Crippen MR) is 60.3 cm³/mol. The fourth-order valence-electron chi connectivity index (χ4n) is 1.58. The summed E-state index contributed by atoms with van der Waals surface area (Å²) in [5.41, 5.74) is -0.108. The molecule has 0 radical (unpaired) electrons. The lowest BCUT2D eigenvalue weighted by Gasteiger charge is -2.19. The molecule has 0 saturated heterocycles. The first-order chi connectivity index (χ1) is 9.79. The monoisotopic (exact) mass is 308 g/mol. The fraction of sp³-hybridized carbons (Fsp3) is 0.364. The molecule has 0 aliphatic rings. The summed E-state index contributed by atoms with van der Waals surface area (Å²) < 4.78 is 69.7. The second kappa shape index (κ2) is 5.26. The molecule has 2 rings (SSSR count). The Morgan fingerprint density at radius 2 is 1.81 bits per heavy atom. The maximum atomic E-state index is 13.4. The predicted octanol–water partition coefficient (Wildman–Crippen LogP) is 2.72. The molecule has 0 amide bonds. The maximum Gasteiger partial charge on any atom is 0.461 e. The van der Waals surface area contributed by atoms with Crippen molar-refractivity contribution < 1.29 is 26.7 Å². The first kappa shape index (κ1) is 15.1. The molecule has 10 heteroatoms. The van der Waals surface area contributed by atoms with Crippen LogP contribution >= 0.6 is 0 Å². The van der Waals surface area contributed by atoms with Gasteiger partial charge in [-0.1, -0.05) is 12.1 Å². The Kier molecular flexibility index (Phi) is 3.79. The molecule has 0 N–H and O–H groups in total. The molecule has 0 unspecified atom stereocenters. The van der Waals surface area contributed by atoms with Gasteiger partial charge < -0.3 is 4.74 Å². The molecule has 0 bridgehead atoms. The van der Waals surface area contributed by atoms with Crippen molar-refractivity contribution in [2.45, 2.75) is 19.0 Å². The minimum absolute atomic E-state index is 0.0894. The van der Waals surface area contributed by atoms with Gasteiger partial charge in [0.25, 0.3) is 0 Å². The van der Waals surface area contributed by atoms with Gasteiger partial charge in [-0.15, -0.1) is 5.10 Å². The largest absolute Gasteiger partial charge is 0.492 e. The summed E-state index contributed by atoms with van der Waals surface area (Å²) in [6, 6.07) is 5.67. The molecule has 0 fully saturated rings. The van der Waals surface area contributed by atoms with Crippen molar-refractivity contribution in [1.29, 1.82) is 0 Å². The summed E-state index contributed by atoms with van der Waals surface area (Å²) in [4.78, 5) is 0. The lowest BCUT2D eigenvalue weighted by molar-refractivity contribution is -0.293. The van der Waals surface area contributed by atoms with E-state index in [1.165, 1.54) is 18.2 Å². The summed E-state index contributed by atoms with van der Waals surface area (Å²) >= 11 is 0. The van der Waals surface area contributed by atoms with E-state index in [2.05, 4.69) is 15.5 Å². The van der Waals surface area contributed by atoms with Gasteiger partial charge in [-0.3, -0.25) is 0 Å². The van der Waals surface area contributed by atoms with E-state index >= 15 is 0 Å². The van der Waals surface area contributed by atoms with Crippen molar-refractivity contribution in [2.24, 2.45) is 0 Å². The first-order valence-corrected chi connectivity index (χ1v) is 5.74. The molecule has 114 valence electrons. The van der Waals surface area contributed by atoms with Crippen LogP contribution in [0.3, 0.4) is 0 Å². The SMILES string of the molecule is CCOc1ccccc1-n1nnnc1C(F)(F)C(F)(F)F. The molecular formula is C11H9F5N4O. The number of nitrogens with zero attached hydrogens (tertiary/aromatic N) is 4. The Balaban J connectivity index is 2.57. The Labute approximate surface area is 115 Å². The topological polar surface area (TPSA) is 52.8 Å². The quantitative estimate of drug-likeness (QED) is 0.815. The van der Waals surface area contributed by atoms with Crippen molar-refractivity contribution in [3.05, 3.63) is 30.1 Å². The minimum atomic E-state index is -5.81. The standard InChI is InChI=1S/C11H9F5N4O/c1-2-21-8-6-4-3-5-7(8)20-9(17-18-19-20)10(12,13)11(14,15)16/h3-6H,2H2,1H3. The number of halogens is 5. The zero-order chi connectivity index (χ0) is 15.7. The molecule has 1 aromatic carbocycles. The van der Waals surface area contributed by atoms with Crippen LogP contribution in [-0.4, -0.2) is 33.0 Å². The van der Waals surface area contributed by atoms with Crippen molar-refractivity contribution in [3.8, 4) is 11.4 Å². The normalized spacial score (nSPS) is 12.5.